The van der Waals surface area contributed by atoms with Crippen molar-refractivity contribution >= 4 is 5.91 Å². The Balaban J connectivity index is 1.40. The van der Waals surface area contributed by atoms with Crippen LogP contribution in [-0.4, -0.2) is 65.5 Å². The van der Waals surface area contributed by atoms with Crippen LogP contribution in [-0.2, 0) is 6.42 Å². The maximum atomic E-state index is 12.8. The predicted molar refractivity (Wildman–Crippen MR) is 117 cm³/mol. The van der Waals surface area contributed by atoms with Gasteiger partial charge in [0.05, 0.1) is 5.56 Å². The van der Waals surface area contributed by atoms with E-state index in [1.54, 1.807) is 12.4 Å². The molecule has 6 nitrogen and oxygen atoms in total. The molecule has 2 aliphatic heterocycles. The lowest BCUT2D eigenvalue weighted by Gasteiger charge is -2.44. The monoisotopic (exact) mass is 408 g/mol. The zero-order chi connectivity index (χ0) is 20.8. The van der Waals surface area contributed by atoms with Gasteiger partial charge >= 0.3 is 0 Å². The summed E-state index contributed by atoms with van der Waals surface area (Å²) in [6.45, 7) is 4.30. The number of hydrogen-bond donors (Lipinski definition) is 0. The van der Waals surface area contributed by atoms with Gasteiger partial charge in [0.2, 0.25) is 0 Å². The molecule has 0 N–H and O–H groups in total. The Kier molecular flexibility index (Phi) is 6.62. The Labute approximate surface area is 179 Å². The highest BCUT2D eigenvalue weighted by atomic mass is 16.5. The van der Waals surface area contributed by atoms with Gasteiger partial charge in [0.1, 0.15) is 18.7 Å². The van der Waals surface area contributed by atoms with Crippen molar-refractivity contribution in [1.29, 1.82) is 0 Å². The number of nitrogens with zero attached hydrogens (tertiary/aromatic N) is 4. The third kappa shape index (κ3) is 4.98. The largest absolute Gasteiger partial charge is 0.492 e. The number of fused-ring (bicyclic) bond motifs is 1. The van der Waals surface area contributed by atoms with Gasteiger partial charge in [-0.05, 0) is 56.2 Å². The zero-order valence-corrected chi connectivity index (χ0v) is 17.9. The molecule has 1 fully saturated rings. The highest BCUT2D eigenvalue weighted by Crippen LogP contribution is 2.38. The highest BCUT2D eigenvalue weighted by Gasteiger charge is 2.36. The Morgan fingerprint density at radius 3 is 2.60 bits per heavy atom. The summed E-state index contributed by atoms with van der Waals surface area (Å²) in [6.07, 6.45) is 11.5. The maximum Gasteiger partial charge on any atom is 0.256 e. The van der Waals surface area contributed by atoms with E-state index in [0.29, 0.717) is 12.2 Å². The summed E-state index contributed by atoms with van der Waals surface area (Å²) in [4.78, 5) is 25.1. The van der Waals surface area contributed by atoms with Gasteiger partial charge in [0.25, 0.3) is 5.91 Å². The number of likely N-dealkylation sites (N-methyl/N-ethyl adjacent to an activating group) is 1. The second-order valence-electron chi connectivity index (χ2n) is 8.82. The first-order chi connectivity index (χ1) is 14.7. The Hall–Kier alpha value is -2.47. The number of aryl methyl sites for hydroxylation is 1. The van der Waals surface area contributed by atoms with Crippen LogP contribution in [0.15, 0.2) is 43.0 Å². The number of ether oxygens (including phenoxy) is 1. The van der Waals surface area contributed by atoms with E-state index in [2.05, 4.69) is 46.2 Å². The molecule has 2 aromatic rings. The van der Waals surface area contributed by atoms with Crippen LogP contribution in [0.25, 0.3) is 0 Å². The van der Waals surface area contributed by atoms with Crippen LogP contribution in [0.5, 0.6) is 5.75 Å². The number of aromatic nitrogens is 2. The van der Waals surface area contributed by atoms with Gasteiger partial charge in [0.15, 0.2) is 0 Å². The van der Waals surface area contributed by atoms with Crippen molar-refractivity contribution in [2.24, 2.45) is 5.41 Å². The number of carbonyl (C=O) groups excluding carboxylic acids is 1. The summed E-state index contributed by atoms with van der Waals surface area (Å²) in [6, 6.07) is 8.44. The third-order valence-electron chi connectivity index (χ3n) is 6.63. The van der Waals surface area contributed by atoms with Crippen LogP contribution < -0.4 is 4.74 Å². The Morgan fingerprint density at radius 2 is 1.80 bits per heavy atom. The van der Waals surface area contributed by atoms with E-state index in [9.17, 15) is 4.79 Å². The topological polar surface area (TPSA) is 58.6 Å². The van der Waals surface area contributed by atoms with E-state index in [-0.39, 0.29) is 11.3 Å². The number of rotatable bonds is 1. The molecule has 0 aliphatic carbocycles. The normalized spacial score (nSPS) is 20.5. The molecular formula is C24H32N4O2. The number of amides is 1. The second-order valence-corrected chi connectivity index (χ2v) is 8.82. The van der Waals surface area contributed by atoms with Gasteiger partial charge in [-0.2, -0.15) is 0 Å². The molecule has 1 aromatic carbocycles. The molecule has 1 saturated heterocycles. The van der Waals surface area contributed by atoms with Crippen molar-refractivity contribution in [1.82, 2.24) is 19.8 Å². The summed E-state index contributed by atoms with van der Waals surface area (Å²) in [5.41, 5.74) is 2.18. The number of benzene rings is 1. The molecule has 1 spiro atoms. The Morgan fingerprint density at radius 1 is 1.03 bits per heavy atom. The Bertz CT molecular complexity index is 834. The number of likely N-dealkylation sites (tertiary alicyclic amines) is 1. The van der Waals surface area contributed by atoms with E-state index in [1.165, 1.54) is 31.2 Å². The lowest BCUT2D eigenvalue weighted by Crippen LogP contribution is -2.48. The number of piperidine rings is 1. The van der Waals surface area contributed by atoms with E-state index in [1.807, 2.05) is 4.90 Å². The molecular weight excluding hydrogens is 376 g/mol. The zero-order valence-electron chi connectivity index (χ0n) is 17.9. The molecule has 0 bridgehead atoms. The molecule has 2 aliphatic rings. The van der Waals surface area contributed by atoms with E-state index in [4.69, 9.17) is 4.74 Å². The quantitative estimate of drug-likeness (QED) is 0.724. The highest BCUT2D eigenvalue weighted by molar-refractivity contribution is 5.93. The van der Waals surface area contributed by atoms with Crippen molar-refractivity contribution < 1.29 is 9.53 Å². The van der Waals surface area contributed by atoms with Crippen LogP contribution in [0, 0.1) is 5.41 Å². The molecule has 0 radical (unpaired) electrons. The molecule has 1 aromatic heterocycles. The van der Waals surface area contributed by atoms with Crippen molar-refractivity contribution in [3.05, 3.63) is 54.1 Å². The van der Waals surface area contributed by atoms with Gasteiger partial charge in [-0.1, -0.05) is 24.6 Å². The van der Waals surface area contributed by atoms with Gasteiger partial charge < -0.3 is 14.5 Å². The van der Waals surface area contributed by atoms with Crippen molar-refractivity contribution in [2.75, 3.05) is 39.8 Å². The third-order valence-corrected chi connectivity index (χ3v) is 6.63. The van der Waals surface area contributed by atoms with E-state index in [0.717, 1.165) is 51.2 Å². The maximum absolute atomic E-state index is 12.8. The molecule has 160 valence electrons. The molecule has 0 saturated carbocycles. The van der Waals surface area contributed by atoms with E-state index >= 15 is 0 Å². The number of para-hydroxylation sites is 1. The summed E-state index contributed by atoms with van der Waals surface area (Å²) < 4.78 is 6.10. The molecule has 1 amide bonds. The number of carbonyl (C=O) groups is 1. The smallest absolute Gasteiger partial charge is 0.256 e. The van der Waals surface area contributed by atoms with Gasteiger partial charge in [-0.3, -0.25) is 4.79 Å². The second kappa shape index (κ2) is 9.56. The lowest BCUT2D eigenvalue weighted by molar-refractivity contribution is 0.0424. The van der Waals surface area contributed by atoms with Crippen LogP contribution >= 0.6 is 0 Å². The van der Waals surface area contributed by atoms with Gasteiger partial charge in [0, 0.05) is 38.6 Å². The summed E-state index contributed by atoms with van der Waals surface area (Å²) in [7, 11) is 2.20. The first-order valence-electron chi connectivity index (χ1n) is 11.1. The van der Waals surface area contributed by atoms with Crippen LogP contribution in [0.2, 0.25) is 0 Å². The fraction of sp³-hybridized carbons (Fsp3) is 0.542. The van der Waals surface area contributed by atoms with Crippen LogP contribution in [0.3, 0.4) is 0 Å². The molecule has 0 unspecified atom stereocenters. The van der Waals surface area contributed by atoms with Crippen molar-refractivity contribution in [3.63, 3.8) is 0 Å². The standard InChI is InChI=1S/C24H32N4O2/c1-27-14-15-30-22-8-3-2-6-20(22)7-4-5-9-24(18-27)10-12-28(13-11-24)23(29)21-16-25-19-26-17-21/h2-3,6,8,16-17,19H,4-5,7,9-15,18H2,1H3. The fourth-order valence-corrected chi connectivity index (χ4v) is 4.89. The minimum Gasteiger partial charge on any atom is -0.492 e. The summed E-state index contributed by atoms with van der Waals surface area (Å²) >= 11 is 0. The van der Waals surface area contributed by atoms with Crippen molar-refractivity contribution in [2.45, 2.75) is 38.5 Å². The van der Waals surface area contributed by atoms with Crippen molar-refractivity contribution in [3.8, 4) is 5.75 Å². The molecule has 0 atom stereocenters. The van der Waals surface area contributed by atoms with E-state index < -0.39 is 0 Å². The molecule has 3 heterocycles. The minimum atomic E-state index is 0.0527. The van der Waals surface area contributed by atoms with Gasteiger partial charge in [-0.25, -0.2) is 9.97 Å². The first-order valence-corrected chi connectivity index (χ1v) is 11.1. The first kappa shape index (κ1) is 20.8. The lowest BCUT2D eigenvalue weighted by atomic mass is 9.73. The minimum absolute atomic E-state index is 0.0527. The summed E-state index contributed by atoms with van der Waals surface area (Å²) in [5, 5.41) is 0. The average Bonchev–Trinajstić information content (AvgIpc) is 2.77. The SMILES string of the molecule is CN1CCOc2ccccc2CCCCC2(CCN(C(=O)c3cncnc3)CC2)C1. The van der Waals surface area contributed by atoms with Crippen LogP contribution in [0.4, 0.5) is 0 Å². The average molecular weight is 409 g/mol. The van der Waals surface area contributed by atoms with Crippen LogP contribution in [0.1, 0.15) is 48.0 Å². The molecule has 30 heavy (non-hydrogen) atoms. The number of hydrogen-bond acceptors (Lipinski definition) is 5. The predicted octanol–water partition coefficient (Wildman–Crippen LogP) is 3.44. The molecule has 6 heteroatoms. The fourth-order valence-electron chi connectivity index (χ4n) is 4.89. The van der Waals surface area contributed by atoms with Gasteiger partial charge in [-0.15, -0.1) is 0 Å². The summed E-state index contributed by atoms with van der Waals surface area (Å²) in [5.74, 6) is 1.09. The molecule has 4 rings (SSSR count).